The quantitative estimate of drug-likeness (QED) is 0.904. The molecule has 124 valence electrons. The van der Waals surface area contributed by atoms with Gasteiger partial charge in [0.05, 0.1) is 6.61 Å². The van der Waals surface area contributed by atoms with E-state index in [0.29, 0.717) is 18.7 Å². The van der Waals surface area contributed by atoms with E-state index >= 15 is 0 Å². The SMILES string of the molecule is CC(=O)Nc1ccc(NC(=O)CC2CCOc3ccccc32)cc1. The number of ether oxygens (including phenoxy) is 1. The highest BCUT2D eigenvalue weighted by atomic mass is 16.5. The molecule has 0 saturated heterocycles. The summed E-state index contributed by atoms with van der Waals surface area (Å²) in [5.41, 5.74) is 2.52. The second kappa shape index (κ2) is 7.17. The van der Waals surface area contributed by atoms with Crippen LogP contribution in [0.3, 0.4) is 0 Å². The molecular weight excluding hydrogens is 304 g/mol. The average molecular weight is 324 g/mol. The van der Waals surface area contributed by atoms with Crippen LogP contribution in [0.4, 0.5) is 11.4 Å². The van der Waals surface area contributed by atoms with Gasteiger partial charge in [0.1, 0.15) is 5.75 Å². The molecule has 2 N–H and O–H groups in total. The molecule has 3 rings (SSSR count). The number of benzene rings is 2. The summed E-state index contributed by atoms with van der Waals surface area (Å²) in [5.74, 6) is 0.906. The lowest BCUT2D eigenvalue weighted by Gasteiger charge is -2.25. The topological polar surface area (TPSA) is 67.4 Å². The molecule has 2 aromatic rings. The van der Waals surface area contributed by atoms with E-state index in [0.717, 1.165) is 23.4 Å². The van der Waals surface area contributed by atoms with Crippen molar-refractivity contribution in [2.24, 2.45) is 0 Å². The van der Waals surface area contributed by atoms with Gasteiger partial charge >= 0.3 is 0 Å². The van der Waals surface area contributed by atoms with Crippen LogP contribution in [0, 0.1) is 0 Å². The minimum absolute atomic E-state index is 0.0241. The molecule has 24 heavy (non-hydrogen) atoms. The van der Waals surface area contributed by atoms with Gasteiger partial charge in [-0.05, 0) is 48.2 Å². The predicted molar refractivity (Wildman–Crippen MR) is 93.3 cm³/mol. The Morgan fingerprint density at radius 3 is 2.42 bits per heavy atom. The Morgan fingerprint density at radius 2 is 1.71 bits per heavy atom. The van der Waals surface area contributed by atoms with Gasteiger partial charge in [-0.3, -0.25) is 9.59 Å². The Balaban J connectivity index is 1.61. The first kappa shape index (κ1) is 16.1. The van der Waals surface area contributed by atoms with Crippen LogP contribution >= 0.6 is 0 Å². The summed E-state index contributed by atoms with van der Waals surface area (Å²) < 4.78 is 5.63. The Kier molecular flexibility index (Phi) is 4.79. The summed E-state index contributed by atoms with van der Waals surface area (Å²) in [7, 11) is 0. The predicted octanol–water partition coefficient (Wildman–Crippen LogP) is 3.54. The van der Waals surface area contributed by atoms with Crippen LogP contribution in [-0.4, -0.2) is 18.4 Å². The van der Waals surface area contributed by atoms with Gasteiger partial charge in [-0.25, -0.2) is 0 Å². The molecule has 1 heterocycles. The van der Waals surface area contributed by atoms with Crippen LogP contribution in [0.1, 0.15) is 31.2 Å². The van der Waals surface area contributed by atoms with Crippen LogP contribution < -0.4 is 15.4 Å². The lowest BCUT2D eigenvalue weighted by atomic mass is 9.90. The highest BCUT2D eigenvalue weighted by molar-refractivity contribution is 5.92. The monoisotopic (exact) mass is 324 g/mol. The second-order valence-electron chi connectivity index (χ2n) is 5.88. The van der Waals surface area contributed by atoms with Crippen molar-refractivity contribution in [3.8, 4) is 5.75 Å². The Morgan fingerprint density at radius 1 is 1.04 bits per heavy atom. The lowest BCUT2D eigenvalue weighted by molar-refractivity contribution is -0.117. The second-order valence-corrected chi connectivity index (χ2v) is 5.88. The number of carbonyl (C=O) groups excluding carboxylic acids is 2. The number of amides is 2. The third-order valence-electron chi connectivity index (χ3n) is 4.00. The largest absolute Gasteiger partial charge is 0.493 e. The van der Waals surface area contributed by atoms with Crippen molar-refractivity contribution in [1.82, 2.24) is 0 Å². The number of rotatable bonds is 4. The fourth-order valence-corrected chi connectivity index (χ4v) is 2.90. The number of fused-ring (bicyclic) bond motifs is 1. The van der Waals surface area contributed by atoms with E-state index in [1.165, 1.54) is 6.92 Å². The van der Waals surface area contributed by atoms with Crippen LogP contribution in [0.25, 0.3) is 0 Å². The van der Waals surface area contributed by atoms with Gasteiger partial charge in [0.25, 0.3) is 0 Å². The molecule has 1 atom stereocenters. The van der Waals surface area contributed by atoms with Gasteiger partial charge in [-0.1, -0.05) is 18.2 Å². The van der Waals surface area contributed by atoms with Crippen LogP contribution in [0.15, 0.2) is 48.5 Å². The van der Waals surface area contributed by atoms with Gasteiger partial charge in [-0.2, -0.15) is 0 Å². The van der Waals surface area contributed by atoms with E-state index in [9.17, 15) is 9.59 Å². The molecule has 1 aliphatic rings. The number of hydrogen-bond donors (Lipinski definition) is 2. The molecular formula is C19H20N2O3. The normalized spacial score (nSPS) is 15.8. The molecule has 1 aliphatic heterocycles. The standard InChI is InChI=1S/C19H20N2O3/c1-13(22)20-15-6-8-16(9-7-15)21-19(23)12-14-10-11-24-18-5-3-2-4-17(14)18/h2-9,14H,10-12H2,1H3,(H,20,22)(H,21,23). The first-order valence-electron chi connectivity index (χ1n) is 8.01. The summed E-state index contributed by atoms with van der Waals surface area (Å²) in [6.07, 6.45) is 1.26. The number of hydrogen-bond acceptors (Lipinski definition) is 3. The number of anilines is 2. The van der Waals surface area contributed by atoms with Crippen molar-refractivity contribution < 1.29 is 14.3 Å². The molecule has 0 radical (unpaired) electrons. The summed E-state index contributed by atoms with van der Waals surface area (Å²) in [5, 5.41) is 5.60. The molecule has 0 aliphatic carbocycles. The molecule has 5 nitrogen and oxygen atoms in total. The van der Waals surface area contributed by atoms with Crippen LogP contribution in [0.2, 0.25) is 0 Å². The molecule has 0 aromatic heterocycles. The van der Waals surface area contributed by atoms with Gasteiger partial charge in [0.2, 0.25) is 11.8 Å². The number of para-hydroxylation sites is 1. The minimum Gasteiger partial charge on any atom is -0.493 e. The van der Waals surface area contributed by atoms with Crippen LogP contribution in [-0.2, 0) is 9.59 Å². The van der Waals surface area contributed by atoms with Crippen molar-refractivity contribution in [2.75, 3.05) is 17.2 Å². The third-order valence-corrected chi connectivity index (χ3v) is 4.00. The van der Waals surface area contributed by atoms with Crippen LogP contribution in [0.5, 0.6) is 5.75 Å². The minimum atomic E-state index is -0.120. The highest BCUT2D eigenvalue weighted by Crippen LogP contribution is 2.35. The first-order valence-corrected chi connectivity index (χ1v) is 8.01. The molecule has 2 amide bonds. The van der Waals surface area contributed by atoms with E-state index in [2.05, 4.69) is 10.6 Å². The zero-order valence-electron chi connectivity index (χ0n) is 13.5. The molecule has 0 saturated carbocycles. The first-order chi connectivity index (χ1) is 11.6. The molecule has 0 fully saturated rings. The van der Waals surface area contributed by atoms with E-state index < -0.39 is 0 Å². The number of nitrogens with one attached hydrogen (secondary N) is 2. The maximum atomic E-state index is 12.3. The smallest absolute Gasteiger partial charge is 0.224 e. The zero-order chi connectivity index (χ0) is 16.9. The summed E-state index contributed by atoms with van der Waals surface area (Å²) in [6, 6.07) is 15.0. The maximum absolute atomic E-state index is 12.3. The van der Waals surface area contributed by atoms with Gasteiger partial charge < -0.3 is 15.4 Å². The van der Waals surface area contributed by atoms with Crippen molar-refractivity contribution in [3.05, 3.63) is 54.1 Å². The van der Waals surface area contributed by atoms with E-state index in [-0.39, 0.29) is 17.7 Å². The highest BCUT2D eigenvalue weighted by Gasteiger charge is 2.23. The fourth-order valence-electron chi connectivity index (χ4n) is 2.90. The Labute approximate surface area is 141 Å². The summed E-state index contributed by atoms with van der Waals surface area (Å²) >= 11 is 0. The average Bonchev–Trinajstić information content (AvgIpc) is 2.56. The van der Waals surface area contributed by atoms with Gasteiger partial charge in [0.15, 0.2) is 0 Å². The molecule has 5 heteroatoms. The van der Waals surface area contributed by atoms with Crippen molar-refractivity contribution in [1.29, 1.82) is 0 Å². The van der Waals surface area contributed by atoms with Crippen molar-refractivity contribution in [2.45, 2.75) is 25.7 Å². The van der Waals surface area contributed by atoms with Crippen molar-refractivity contribution >= 4 is 23.2 Å². The Bertz CT molecular complexity index is 741. The summed E-state index contributed by atoms with van der Waals surface area (Å²) in [4.78, 5) is 23.3. The molecule has 0 bridgehead atoms. The van der Waals surface area contributed by atoms with E-state index in [1.54, 1.807) is 24.3 Å². The maximum Gasteiger partial charge on any atom is 0.224 e. The molecule has 2 aromatic carbocycles. The van der Waals surface area contributed by atoms with E-state index in [4.69, 9.17) is 4.74 Å². The molecule has 1 unspecified atom stereocenters. The van der Waals surface area contributed by atoms with Crippen molar-refractivity contribution in [3.63, 3.8) is 0 Å². The van der Waals surface area contributed by atoms with Gasteiger partial charge in [0, 0.05) is 24.7 Å². The fraction of sp³-hybridized carbons (Fsp3) is 0.263. The number of carbonyl (C=O) groups is 2. The lowest BCUT2D eigenvalue weighted by Crippen LogP contribution is -2.20. The zero-order valence-corrected chi connectivity index (χ0v) is 13.5. The van der Waals surface area contributed by atoms with Gasteiger partial charge in [-0.15, -0.1) is 0 Å². The summed E-state index contributed by atoms with van der Waals surface area (Å²) in [6.45, 7) is 2.10. The van der Waals surface area contributed by atoms with E-state index in [1.807, 2.05) is 24.3 Å². The third kappa shape index (κ3) is 3.93. The Hall–Kier alpha value is -2.82. The molecule has 0 spiro atoms.